The van der Waals surface area contributed by atoms with Gasteiger partial charge in [0.1, 0.15) is 5.54 Å². The van der Waals surface area contributed by atoms with Gasteiger partial charge in [-0.1, -0.05) is 0 Å². The minimum atomic E-state index is -1.20. The van der Waals surface area contributed by atoms with Crippen LogP contribution in [0.25, 0.3) is 0 Å². The summed E-state index contributed by atoms with van der Waals surface area (Å²) in [4.78, 5) is 24.3. The zero-order valence-corrected chi connectivity index (χ0v) is 10.1. The Morgan fingerprint density at radius 2 is 2.18 bits per heavy atom. The molecule has 1 rings (SSSR count). The molecule has 6 nitrogen and oxygen atoms in total. The van der Waals surface area contributed by atoms with Gasteiger partial charge in [0.25, 0.3) is 0 Å². The predicted molar refractivity (Wildman–Crippen MR) is 60.2 cm³/mol. The van der Waals surface area contributed by atoms with E-state index >= 15 is 0 Å². The molecule has 1 atom stereocenters. The second kappa shape index (κ2) is 5.04. The minimum absolute atomic E-state index is 0.00770. The van der Waals surface area contributed by atoms with Crippen LogP contribution in [0, 0.1) is 17.2 Å². The summed E-state index contributed by atoms with van der Waals surface area (Å²) < 4.78 is 0. The number of nitrogens with one attached hydrogen (secondary N) is 1. The van der Waals surface area contributed by atoms with Gasteiger partial charge in [0.05, 0.1) is 12.5 Å². The minimum Gasteiger partial charge on any atom is -0.480 e. The zero-order chi connectivity index (χ0) is 13.1. The molecule has 0 aromatic rings. The Morgan fingerprint density at radius 1 is 1.59 bits per heavy atom. The molecule has 0 aromatic heterocycles. The van der Waals surface area contributed by atoms with Gasteiger partial charge in [0.2, 0.25) is 0 Å². The highest BCUT2D eigenvalue weighted by Gasteiger charge is 2.48. The van der Waals surface area contributed by atoms with Crippen molar-refractivity contribution >= 4 is 12.0 Å². The molecule has 0 radical (unpaired) electrons. The first-order valence-corrected chi connectivity index (χ1v) is 5.55. The quantitative estimate of drug-likeness (QED) is 0.741. The number of aliphatic carboxylic acids is 1. The number of urea groups is 1. The molecule has 1 aliphatic carbocycles. The smallest absolute Gasteiger partial charge is 0.329 e. The average Bonchev–Trinajstić information content (AvgIpc) is 3.09. The van der Waals surface area contributed by atoms with Gasteiger partial charge in [-0.15, -0.1) is 0 Å². The van der Waals surface area contributed by atoms with E-state index in [1.807, 2.05) is 6.07 Å². The van der Waals surface area contributed by atoms with Crippen molar-refractivity contribution in [3.8, 4) is 6.07 Å². The van der Waals surface area contributed by atoms with Crippen LogP contribution in [0.2, 0.25) is 0 Å². The van der Waals surface area contributed by atoms with E-state index in [1.165, 1.54) is 11.8 Å². The maximum Gasteiger partial charge on any atom is 0.329 e. The summed E-state index contributed by atoms with van der Waals surface area (Å²) in [7, 11) is 1.54. The van der Waals surface area contributed by atoms with Crippen molar-refractivity contribution in [3.05, 3.63) is 0 Å². The van der Waals surface area contributed by atoms with Crippen molar-refractivity contribution in [1.82, 2.24) is 10.2 Å². The van der Waals surface area contributed by atoms with Crippen molar-refractivity contribution in [2.75, 3.05) is 13.6 Å². The summed E-state index contributed by atoms with van der Waals surface area (Å²) in [6, 6.07) is 1.49. The largest absolute Gasteiger partial charge is 0.480 e. The van der Waals surface area contributed by atoms with E-state index in [4.69, 9.17) is 10.4 Å². The summed E-state index contributed by atoms with van der Waals surface area (Å²) in [6.07, 6.45) is 1.88. The van der Waals surface area contributed by atoms with Crippen LogP contribution >= 0.6 is 0 Å². The monoisotopic (exact) mass is 239 g/mol. The lowest BCUT2D eigenvalue weighted by Crippen LogP contribution is -2.57. The molecule has 0 heterocycles. The summed E-state index contributed by atoms with van der Waals surface area (Å²) in [5.74, 6) is -1.00. The van der Waals surface area contributed by atoms with Crippen molar-refractivity contribution < 1.29 is 14.7 Å². The first-order chi connectivity index (χ1) is 7.91. The molecule has 94 valence electrons. The highest BCUT2D eigenvalue weighted by molar-refractivity contribution is 5.86. The standard InChI is InChI=1S/C11H17N3O3/c1-11(9(15)16,8-4-5-8)13-10(17)14(2)7-3-6-12/h8H,3-5,7H2,1-2H3,(H,13,17)(H,15,16). The molecule has 0 saturated heterocycles. The van der Waals surface area contributed by atoms with E-state index in [2.05, 4.69) is 5.32 Å². The van der Waals surface area contributed by atoms with Crippen LogP contribution in [-0.4, -0.2) is 41.1 Å². The van der Waals surface area contributed by atoms with Crippen molar-refractivity contribution in [3.63, 3.8) is 0 Å². The van der Waals surface area contributed by atoms with Gasteiger partial charge in [0.15, 0.2) is 0 Å². The van der Waals surface area contributed by atoms with Gasteiger partial charge in [0, 0.05) is 13.6 Å². The Hall–Kier alpha value is -1.77. The normalized spacial score (nSPS) is 17.7. The molecule has 17 heavy (non-hydrogen) atoms. The predicted octanol–water partition coefficient (Wildman–Crippen LogP) is 0.795. The number of hydrogen-bond acceptors (Lipinski definition) is 3. The van der Waals surface area contributed by atoms with E-state index in [9.17, 15) is 9.59 Å². The van der Waals surface area contributed by atoms with Crippen LogP contribution in [0.4, 0.5) is 4.79 Å². The highest BCUT2D eigenvalue weighted by atomic mass is 16.4. The fraction of sp³-hybridized carbons (Fsp3) is 0.727. The molecule has 2 amide bonds. The van der Waals surface area contributed by atoms with Crippen molar-refractivity contribution in [1.29, 1.82) is 5.26 Å². The van der Waals surface area contributed by atoms with Crippen LogP contribution in [0.3, 0.4) is 0 Å². The first kappa shape index (κ1) is 13.3. The average molecular weight is 239 g/mol. The number of carboxylic acids is 1. The molecule has 0 aromatic carbocycles. The van der Waals surface area contributed by atoms with Gasteiger partial charge in [-0.05, 0) is 25.7 Å². The number of carbonyl (C=O) groups excluding carboxylic acids is 1. The molecular weight excluding hydrogens is 222 g/mol. The van der Waals surface area contributed by atoms with Crippen molar-refractivity contribution in [2.24, 2.45) is 5.92 Å². The molecule has 1 aliphatic rings. The van der Waals surface area contributed by atoms with Crippen LogP contribution in [-0.2, 0) is 4.79 Å². The Kier molecular flexibility index (Phi) is 3.94. The summed E-state index contributed by atoms with van der Waals surface area (Å²) in [5, 5.41) is 20.1. The van der Waals surface area contributed by atoms with Crippen LogP contribution in [0.15, 0.2) is 0 Å². The Labute approximate surface area is 100 Å². The Morgan fingerprint density at radius 3 is 2.59 bits per heavy atom. The van der Waals surface area contributed by atoms with E-state index in [0.717, 1.165) is 12.8 Å². The van der Waals surface area contributed by atoms with Gasteiger partial charge < -0.3 is 15.3 Å². The van der Waals surface area contributed by atoms with Crippen molar-refractivity contribution in [2.45, 2.75) is 31.7 Å². The maximum atomic E-state index is 11.7. The molecule has 1 unspecified atom stereocenters. The fourth-order valence-electron chi connectivity index (χ4n) is 1.63. The lowest BCUT2D eigenvalue weighted by atomic mass is 9.96. The third-order valence-corrected chi connectivity index (χ3v) is 3.11. The fourth-order valence-corrected chi connectivity index (χ4v) is 1.63. The van der Waals surface area contributed by atoms with E-state index in [1.54, 1.807) is 7.05 Å². The van der Waals surface area contributed by atoms with E-state index in [-0.39, 0.29) is 12.3 Å². The molecule has 1 saturated carbocycles. The van der Waals surface area contributed by atoms with Crippen LogP contribution < -0.4 is 5.32 Å². The van der Waals surface area contributed by atoms with Gasteiger partial charge in [-0.3, -0.25) is 0 Å². The number of amides is 2. The van der Waals surface area contributed by atoms with E-state index in [0.29, 0.717) is 6.54 Å². The molecule has 0 aliphatic heterocycles. The zero-order valence-electron chi connectivity index (χ0n) is 10.1. The third-order valence-electron chi connectivity index (χ3n) is 3.11. The maximum absolute atomic E-state index is 11.7. The topological polar surface area (TPSA) is 93.4 Å². The van der Waals surface area contributed by atoms with Gasteiger partial charge in [-0.25, -0.2) is 9.59 Å². The van der Waals surface area contributed by atoms with Gasteiger partial charge in [-0.2, -0.15) is 5.26 Å². The number of nitrogens with zero attached hydrogens (tertiary/aromatic N) is 2. The molecular formula is C11H17N3O3. The second-order valence-electron chi connectivity index (χ2n) is 4.54. The molecule has 1 fully saturated rings. The number of hydrogen-bond donors (Lipinski definition) is 2. The summed E-state index contributed by atoms with van der Waals surface area (Å²) >= 11 is 0. The second-order valence-corrected chi connectivity index (χ2v) is 4.54. The number of carbonyl (C=O) groups is 2. The number of nitriles is 1. The summed E-state index contributed by atoms with van der Waals surface area (Å²) in [6.45, 7) is 1.83. The molecule has 0 bridgehead atoms. The Bertz CT molecular complexity index is 359. The molecule has 2 N–H and O–H groups in total. The van der Waals surface area contributed by atoms with Crippen LogP contribution in [0.5, 0.6) is 0 Å². The lowest BCUT2D eigenvalue weighted by Gasteiger charge is -2.28. The molecule has 0 spiro atoms. The SMILES string of the molecule is CN(CCC#N)C(=O)NC(C)(C(=O)O)C1CC1. The van der Waals surface area contributed by atoms with Gasteiger partial charge >= 0.3 is 12.0 Å². The molecule has 6 heteroatoms. The van der Waals surface area contributed by atoms with Crippen LogP contribution in [0.1, 0.15) is 26.2 Å². The highest BCUT2D eigenvalue weighted by Crippen LogP contribution is 2.39. The first-order valence-electron chi connectivity index (χ1n) is 5.55. The lowest BCUT2D eigenvalue weighted by molar-refractivity contribution is -0.144. The van der Waals surface area contributed by atoms with E-state index < -0.39 is 17.5 Å². The summed E-state index contributed by atoms with van der Waals surface area (Å²) in [5.41, 5.74) is -1.20. The third kappa shape index (κ3) is 3.09. The number of carboxylic acid groups (broad SMARTS) is 1. The Balaban J connectivity index is 2.59. The number of rotatable bonds is 5.